The molecular weight excluding hydrogens is 462 g/mol. The lowest BCUT2D eigenvalue weighted by Gasteiger charge is -2.14. The molecule has 0 saturated carbocycles. The zero-order valence-corrected chi connectivity index (χ0v) is 19.9. The Kier molecular flexibility index (Phi) is 6.81. The first-order valence-corrected chi connectivity index (χ1v) is 11.0. The van der Waals surface area contributed by atoms with Crippen molar-refractivity contribution in [2.24, 2.45) is 7.05 Å². The molecule has 4 aromatic rings. The molecule has 0 spiro atoms. The zero-order chi connectivity index (χ0) is 25.8. The van der Waals surface area contributed by atoms with Crippen LogP contribution in [0.25, 0.3) is 10.9 Å². The number of rotatable bonds is 7. The molecule has 11 heteroatoms. The normalized spacial score (nSPS) is 10.6. The van der Waals surface area contributed by atoms with Crippen LogP contribution in [-0.4, -0.2) is 56.8 Å². The summed E-state index contributed by atoms with van der Waals surface area (Å²) in [5.74, 6) is -0.978. The number of carbonyl (C=O) groups is 3. The maximum atomic E-state index is 13.1. The van der Waals surface area contributed by atoms with Crippen molar-refractivity contribution in [3.8, 4) is 0 Å². The molecule has 184 valence electrons. The van der Waals surface area contributed by atoms with Crippen molar-refractivity contribution in [3.05, 3.63) is 77.6 Å². The number of urea groups is 1. The second-order valence-corrected chi connectivity index (χ2v) is 8.24. The summed E-state index contributed by atoms with van der Waals surface area (Å²) >= 11 is 0. The standard InChI is InChI=1S/C25H25N7O4/c1-31(2)25(36)29-21-12-15(10-11-26-21)14-27-19-7-5-4-6-18(19)23(33)28-16-8-9-17-20(13-16)30-32(3)22(17)24(34)35/h4-13,27H,14H2,1-3H3,(H,28,33)(H,34,35)(H,26,29,36). The van der Waals surface area contributed by atoms with Crippen LogP contribution in [0.5, 0.6) is 0 Å². The van der Waals surface area contributed by atoms with Gasteiger partial charge in [-0.05, 0) is 48.0 Å². The molecular formula is C25H25N7O4. The number of hydrogen-bond acceptors (Lipinski definition) is 6. The third-order valence-electron chi connectivity index (χ3n) is 5.41. The van der Waals surface area contributed by atoms with E-state index in [-0.39, 0.29) is 17.6 Å². The molecule has 0 aliphatic rings. The van der Waals surface area contributed by atoms with Crippen LogP contribution in [0.2, 0.25) is 0 Å². The number of amides is 3. The van der Waals surface area contributed by atoms with Gasteiger partial charge in [-0.2, -0.15) is 5.10 Å². The van der Waals surface area contributed by atoms with Crippen LogP contribution < -0.4 is 16.0 Å². The first-order valence-electron chi connectivity index (χ1n) is 11.0. The van der Waals surface area contributed by atoms with Crippen LogP contribution in [0.1, 0.15) is 26.4 Å². The average molecular weight is 488 g/mol. The Morgan fingerprint density at radius 3 is 2.56 bits per heavy atom. The average Bonchev–Trinajstić information content (AvgIpc) is 3.18. The molecule has 4 N–H and O–H groups in total. The number of para-hydroxylation sites is 1. The predicted molar refractivity (Wildman–Crippen MR) is 136 cm³/mol. The lowest BCUT2D eigenvalue weighted by Crippen LogP contribution is -2.27. The van der Waals surface area contributed by atoms with Crippen LogP contribution in [0, 0.1) is 0 Å². The first-order chi connectivity index (χ1) is 17.2. The smallest absolute Gasteiger partial charge is 0.354 e. The Balaban J connectivity index is 1.48. The minimum absolute atomic E-state index is 0.0815. The van der Waals surface area contributed by atoms with E-state index in [2.05, 4.69) is 26.0 Å². The maximum Gasteiger partial charge on any atom is 0.354 e. The fourth-order valence-corrected chi connectivity index (χ4v) is 3.64. The molecule has 0 aliphatic carbocycles. The van der Waals surface area contributed by atoms with Crippen LogP contribution in [0.4, 0.5) is 22.0 Å². The summed E-state index contributed by atoms with van der Waals surface area (Å²) in [6, 6.07) is 15.3. The van der Waals surface area contributed by atoms with Crippen LogP contribution >= 0.6 is 0 Å². The Labute approximate surface area is 206 Å². The van der Waals surface area contributed by atoms with Gasteiger partial charge in [-0.15, -0.1) is 0 Å². The number of nitrogens with zero attached hydrogens (tertiary/aromatic N) is 4. The fourth-order valence-electron chi connectivity index (χ4n) is 3.64. The van der Waals surface area contributed by atoms with E-state index in [0.717, 1.165) is 5.56 Å². The number of benzene rings is 2. The molecule has 3 amide bonds. The van der Waals surface area contributed by atoms with Crippen molar-refractivity contribution in [2.75, 3.05) is 30.0 Å². The van der Waals surface area contributed by atoms with Gasteiger partial charge in [0.25, 0.3) is 5.91 Å². The molecule has 11 nitrogen and oxygen atoms in total. The SMILES string of the molecule is CN(C)C(=O)Nc1cc(CNc2ccccc2C(=O)Nc2ccc3c(C(=O)O)n(C)nc3c2)ccn1. The van der Waals surface area contributed by atoms with E-state index in [1.54, 1.807) is 69.8 Å². The molecule has 0 saturated heterocycles. The maximum absolute atomic E-state index is 13.1. The largest absolute Gasteiger partial charge is 0.477 e. The van der Waals surface area contributed by atoms with Gasteiger partial charge in [0.2, 0.25) is 0 Å². The second kappa shape index (κ2) is 10.1. The molecule has 2 aromatic heterocycles. The summed E-state index contributed by atoms with van der Waals surface area (Å²) in [5, 5.41) is 22.9. The number of aromatic nitrogens is 3. The van der Waals surface area contributed by atoms with Gasteiger partial charge in [-0.1, -0.05) is 12.1 Å². The van der Waals surface area contributed by atoms with Crippen molar-refractivity contribution in [2.45, 2.75) is 6.54 Å². The van der Waals surface area contributed by atoms with Gasteiger partial charge in [-0.3, -0.25) is 14.8 Å². The van der Waals surface area contributed by atoms with E-state index in [4.69, 9.17) is 0 Å². The molecule has 2 heterocycles. The number of anilines is 3. The lowest BCUT2D eigenvalue weighted by atomic mass is 10.1. The molecule has 0 fully saturated rings. The number of carboxylic acids is 1. The van der Waals surface area contributed by atoms with Gasteiger partial charge < -0.3 is 20.6 Å². The van der Waals surface area contributed by atoms with Gasteiger partial charge in [0.15, 0.2) is 5.69 Å². The van der Waals surface area contributed by atoms with Crippen molar-refractivity contribution < 1.29 is 19.5 Å². The summed E-state index contributed by atoms with van der Waals surface area (Å²) in [6.07, 6.45) is 1.60. The second-order valence-electron chi connectivity index (χ2n) is 8.24. The highest BCUT2D eigenvalue weighted by Gasteiger charge is 2.17. The monoisotopic (exact) mass is 487 g/mol. The van der Waals surface area contributed by atoms with Crippen molar-refractivity contribution in [1.82, 2.24) is 19.7 Å². The Bertz CT molecular complexity index is 1460. The zero-order valence-electron chi connectivity index (χ0n) is 19.9. The van der Waals surface area contributed by atoms with Gasteiger partial charge in [0.05, 0.1) is 11.1 Å². The topological polar surface area (TPSA) is 141 Å². The van der Waals surface area contributed by atoms with E-state index < -0.39 is 5.97 Å². The minimum Gasteiger partial charge on any atom is -0.477 e. The van der Waals surface area contributed by atoms with Crippen LogP contribution in [-0.2, 0) is 13.6 Å². The van der Waals surface area contributed by atoms with E-state index in [9.17, 15) is 19.5 Å². The molecule has 0 radical (unpaired) electrons. The summed E-state index contributed by atoms with van der Waals surface area (Å²) in [4.78, 5) is 42.0. The third-order valence-corrected chi connectivity index (χ3v) is 5.41. The van der Waals surface area contributed by atoms with Crippen molar-refractivity contribution in [1.29, 1.82) is 0 Å². The Morgan fingerprint density at radius 2 is 1.81 bits per heavy atom. The van der Waals surface area contributed by atoms with Gasteiger partial charge in [0, 0.05) is 50.6 Å². The quantitative estimate of drug-likeness (QED) is 0.312. The predicted octanol–water partition coefficient (Wildman–Crippen LogP) is 3.62. The van der Waals surface area contributed by atoms with Crippen molar-refractivity contribution in [3.63, 3.8) is 0 Å². The van der Waals surface area contributed by atoms with Gasteiger partial charge >= 0.3 is 12.0 Å². The number of aromatic carboxylic acids is 1. The van der Waals surface area contributed by atoms with Crippen LogP contribution in [0.15, 0.2) is 60.8 Å². The van der Waals surface area contributed by atoms with E-state index in [1.807, 2.05) is 12.1 Å². The van der Waals surface area contributed by atoms with Crippen LogP contribution in [0.3, 0.4) is 0 Å². The summed E-state index contributed by atoms with van der Waals surface area (Å²) in [5.41, 5.74) is 2.96. The number of pyridine rings is 1. The summed E-state index contributed by atoms with van der Waals surface area (Å²) in [7, 11) is 4.85. The third kappa shape index (κ3) is 5.25. The molecule has 0 aliphatic heterocycles. The molecule has 0 bridgehead atoms. The van der Waals surface area contributed by atoms with E-state index in [1.165, 1.54) is 9.58 Å². The molecule has 36 heavy (non-hydrogen) atoms. The summed E-state index contributed by atoms with van der Waals surface area (Å²) < 4.78 is 1.30. The van der Waals surface area contributed by atoms with Gasteiger partial charge in [-0.25, -0.2) is 14.6 Å². The summed E-state index contributed by atoms with van der Waals surface area (Å²) in [6.45, 7) is 0.398. The molecule has 0 unspecified atom stereocenters. The fraction of sp³-hybridized carbons (Fsp3) is 0.160. The number of fused-ring (bicyclic) bond motifs is 1. The van der Waals surface area contributed by atoms with E-state index >= 15 is 0 Å². The molecule has 4 rings (SSSR count). The number of carboxylic acid groups (broad SMARTS) is 1. The van der Waals surface area contributed by atoms with Gasteiger partial charge in [0.1, 0.15) is 5.82 Å². The Hall–Kier alpha value is -4.93. The number of carbonyl (C=O) groups excluding carboxylic acids is 2. The highest BCUT2D eigenvalue weighted by Crippen LogP contribution is 2.24. The van der Waals surface area contributed by atoms with Crippen molar-refractivity contribution >= 4 is 46.0 Å². The highest BCUT2D eigenvalue weighted by molar-refractivity contribution is 6.09. The molecule has 2 aromatic carbocycles. The lowest BCUT2D eigenvalue weighted by molar-refractivity contribution is 0.0687. The Morgan fingerprint density at radius 1 is 1.03 bits per heavy atom. The minimum atomic E-state index is -1.07. The highest BCUT2D eigenvalue weighted by atomic mass is 16.4. The van der Waals surface area contributed by atoms with E-state index in [0.29, 0.717) is 40.2 Å². The molecule has 0 atom stereocenters. The number of hydrogen-bond donors (Lipinski definition) is 4. The first kappa shape index (κ1) is 24.2. The number of aryl methyl sites for hydroxylation is 1. The number of nitrogens with one attached hydrogen (secondary N) is 3.